The first-order valence-electron chi connectivity index (χ1n) is 21.6. The number of carbonyl (C=O) groups excluding carboxylic acids is 3. The van der Waals surface area contributed by atoms with Crippen LogP contribution in [0.1, 0.15) is 97.8 Å². The number of hydrogen-bond donors (Lipinski definition) is 2. The van der Waals surface area contributed by atoms with Crippen LogP contribution in [-0.4, -0.2) is 91.0 Å². The maximum atomic E-state index is 16.9. The van der Waals surface area contributed by atoms with E-state index in [-0.39, 0.29) is 47.5 Å². The van der Waals surface area contributed by atoms with Gasteiger partial charge in [-0.25, -0.2) is 9.06 Å². The molecule has 2 aromatic heterocycles. The van der Waals surface area contributed by atoms with Crippen molar-refractivity contribution in [3.8, 4) is 11.8 Å². The number of rotatable bonds is 13. The van der Waals surface area contributed by atoms with Crippen molar-refractivity contribution in [3.05, 3.63) is 95.1 Å². The largest absolute Gasteiger partial charge is 0.480 e. The molecule has 324 valence electrons. The standard InChI is InChI=1S/C46H50FN6O7PS/c1-3-18-52(27(2)45(57)58)61(59,60-34-9-5-4-6-10-34)41(47)28-11-14-39-32(19-28)23-40(62-39)42(54)50-37-22-31-20-30(31)21-33-12-13-38(53(33)43(37)55)44(56)51-26-35(29-8-7-17-49-25-29)36(24-48)46(51)15-16-46/h4-11,14,17,19,23,25,27,30-31,33,35-38,41H,3,12-13,15-16,18,20-22,26H2,1-2H3,(H,50,54)(H,57,58)/t27-,30+,31-,33+,35-,36-,37-,38-,41+,61-/m0/s1. The minimum Gasteiger partial charge on any atom is -0.480 e. The second-order valence-electron chi connectivity index (χ2n) is 17.7. The first-order valence-corrected chi connectivity index (χ1v) is 24.1. The number of thiophene rings is 1. The second-order valence-corrected chi connectivity index (χ2v) is 21.0. The van der Waals surface area contributed by atoms with Crippen LogP contribution in [0.2, 0.25) is 0 Å². The van der Waals surface area contributed by atoms with Gasteiger partial charge in [0, 0.05) is 42.1 Å². The number of benzene rings is 2. The van der Waals surface area contributed by atoms with E-state index in [0.717, 1.165) is 35.9 Å². The number of pyridine rings is 1. The Bertz CT molecular complexity index is 2480. The van der Waals surface area contributed by atoms with Crippen molar-refractivity contribution in [2.75, 3.05) is 13.1 Å². The smallest absolute Gasteiger partial charge is 0.358 e. The molecule has 2 N–H and O–H groups in total. The Balaban J connectivity index is 0.953. The minimum atomic E-state index is -4.55. The fourth-order valence-electron chi connectivity index (χ4n) is 10.5. The monoisotopic (exact) mass is 880 g/mol. The Morgan fingerprint density at radius 3 is 2.56 bits per heavy atom. The van der Waals surface area contributed by atoms with E-state index >= 15 is 4.39 Å². The van der Waals surface area contributed by atoms with Crippen LogP contribution in [0.25, 0.3) is 10.1 Å². The minimum absolute atomic E-state index is 0.00444. The first-order chi connectivity index (χ1) is 29.9. The molecular formula is C46H50FN6O7PS. The van der Waals surface area contributed by atoms with E-state index in [0.29, 0.717) is 59.0 Å². The van der Waals surface area contributed by atoms with E-state index in [1.807, 2.05) is 17.0 Å². The maximum Gasteiger partial charge on any atom is 0.358 e. The molecule has 10 atom stereocenters. The van der Waals surface area contributed by atoms with Gasteiger partial charge in [-0.1, -0.05) is 37.3 Å². The molecule has 3 saturated heterocycles. The number of carbonyl (C=O) groups is 4. The van der Waals surface area contributed by atoms with Crippen LogP contribution in [0, 0.1) is 29.1 Å². The summed E-state index contributed by atoms with van der Waals surface area (Å²) < 4.78 is 39.4. The van der Waals surface area contributed by atoms with Crippen LogP contribution in [0.3, 0.4) is 0 Å². The second kappa shape index (κ2) is 16.5. The van der Waals surface area contributed by atoms with Crippen molar-refractivity contribution in [1.82, 2.24) is 24.8 Å². The van der Waals surface area contributed by atoms with Crippen LogP contribution in [0.4, 0.5) is 4.39 Å². The molecule has 16 heteroatoms. The summed E-state index contributed by atoms with van der Waals surface area (Å²) in [5.41, 5.74) is 0.384. The number of carboxylic acid groups (broad SMARTS) is 1. The predicted octanol–water partition coefficient (Wildman–Crippen LogP) is 7.91. The normalized spacial score (nSPS) is 27.9. The number of halogens is 1. The Labute approximate surface area is 363 Å². The summed E-state index contributed by atoms with van der Waals surface area (Å²) in [6.45, 7) is 3.53. The van der Waals surface area contributed by atoms with Gasteiger partial charge in [0.2, 0.25) is 17.7 Å². The third-order valence-electron chi connectivity index (χ3n) is 13.9. The van der Waals surface area contributed by atoms with Crippen LogP contribution < -0.4 is 9.84 Å². The number of alkyl halides is 1. The van der Waals surface area contributed by atoms with Crippen molar-refractivity contribution in [3.63, 3.8) is 0 Å². The Morgan fingerprint density at radius 1 is 1.10 bits per heavy atom. The van der Waals surface area contributed by atoms with Crippen molar-refractivity contribution < 1.29 is 37.8 Å². The highest BCUT2D eigenvalue weighted by Gasteiger charge is 2.65. The zero-order chi connectivity index (χ0) is 43.5. The van der Waals surface area contributed by atoms with Gasteiger partial charge in [0.1, 0.15) is 23.9 Å². The summed E-state index contributed by atoms with van der Waals surface area (Å²) in [6.07, 6.45) is 8.81. The van der Waals surface area contributed by atoms with Crippen LogP contribution in [0.15, 0.2) is 79.1 Å². The molecule has 3 aliphatic heterocycles. The summed E-state index contributed by atoms with van der Waals surface area (Å²) >= 11 is 1.18. The quantitative estimate of drug-likeness (QED) is 0.126. The third kappa shape index (κ3) is 7.47. The van der Waals surface area contributed by atoms with Crippen molar-refractivity contribution in [2.24, 2.45) is 17.8 Å². The van der Waals surface area contributed by atoms with Crippen LogP contribution >= 0.6 is 18.9 Å². The number of aliphatic carboxylic acids is 1. The highest BCUT2D eigenvalue weighted by Crippen LogP contribution is 2.64. The molecule has 0 radical (unpaired) electrons. The Kier molecular flexibility index (Phi) is 11.2. The summed E-state index contributed by atoms with van der Waals surface area (Å²) in [5, 5.41) is 23.8. The van der Waals surface area contributed by atoms with E-state index < -0.39 is 49.0 Å². The van der Waals surface area contributed by atoms with E-state index in [1.165, 1.54) is 42.5 Å². The zero-order valence-electron chi connectivity index (χ0n) is 34.6. The Hall–Kier alpha value is -5.16. The molecule has 2 aromatic carbocycles. The number of para-hydroxylation sites is 1. The SMILES string of the molecule is CCCN([C@@H](C)C(=O)O)[P@@](=O)(Oc1ccccc1)[C@@H](F)c1ccc2sc(C(=O)N[C@H]3C[C@@H]4C[C@@H]4C[C@H]4CC[C@@H](C(=O)N5C[C@@H](c6cccnc6)[C@H](C#N)C56CC6)N4C3=O)cc2c1. The number of nitriles is 1. The molecule has 0 bridgehead atoms. The van der Waals surface area contributed by atoms with Gasteiger partial charge in [0.25, 0.3) is 5.91 Å². The summed E-state index contributed by atoms with van der Waals surface area (Å²) in [6, 6.07) is 17.7. The van der Waals surface area contributed by atoms with Gasteiger partial charge in [-0.2, -0.15) is 5.26 Å². The number of aromatic nitrogens is 1. The van der Waals surface area contributed by atoms with Gasteiger partial charge < -0.3 is 24.7 Å². The van der Waals surface area contributed by atoms with Crippen molar-refractivity contribution in [2.45, 2.75) is 107 Å². The molecule has 5 heterocycles. The van der Waals surface area contributed by atoms with Gasteiger partial charge in [-0.3, -0.25) is 28.7 Å². The molecule has 4 aromatic rings. The summed E-state index contributed by atoms with van der Waals surface area (Å²) in [4.78, 5) is 63.9. The number of hydrogen-bond acceptors (Lipinski definition) is 9. The molecule has 3 amide bonds. The van der Waals surface area contributed by atoms with E-state index in [4.69, 9.17) is 4.52 Å². The van der Waals surface area contributed by atoms with E-state index in [9.17, 15) is 34.1 Å². The van der Waals surface area contributed by atoms with Gasteiger partial charge in [0.05, 0.1) is 22.4 Å². The summed E-state index contributed by atoms with van der Waals surface area (Å²) in [7, 11) is -4.55. The summed E-state index contributed by atoms with van der Waals surface area (Å²) in [5.74, 6) is -4.05. The average Bonchev–Trinajstić information content (AvgIpc) is 4.06. The van der Waals surface area contributed by atoms with Gasteiger partial charge in [-0.05, 0) is 123 Å². The maximum absolute atomic E-state index is 16.9. The lowest BCUT2D eigenvalue weighted by atomic mass is 9.85. The van der Waals surface area contributed by atoms with Gasteiger partial charge in [-0.15, -0.1) is 11.3 Å². The van der Waals surface area contributed by atoms with Crippen LogP contribution in [0.5, 0.6) is 5.75 Å². The first kappa shape index (κ1) is 42.2. The number of fused-ring (bicyclic) bond motifs is 3. The molecule has 2 aliphatic carbocycles. The molecule has 62 heavy (non-hydrogen) atoms. The van der Waals surface area contributed by atoms with Gasteiger partial charge >= 0.3 is 13.5 Å². The number of amides is 3. The van der Waals surface area contributed by atoms with Gasteiger partial charge in [0.15, 0.2) is 0 Å². The lowest BCUT2D eigenvalue weighted by Gasteiger charge is -2.37. The number of nitrogens with one attached hydrogen (secondary N) is 1. The highest BCUT2D eigenvalue weighted by molar-refractivity contribution is 7.57. The molecule has 1 spiro atoms. The lowest BCUT2D eigenvalue weighted by molar-refractivity contribution is -0.148. The zero-order valence-corrected chi connectivity index (χ0v) is 36.3. The molecule has 2 saturated carbocycles. The molecule has 5 fully saturated rings. The average molecular weight is 881 g/mol. The number of carboxylic acids is 1. The molecule has 0 unspecified atom stereocenters. The predicted molar refractivity (Wildman–Crippen MR) is 230 cm³/mol. The van der Waals surface area contributed by atoms with Crippen molar-refractivity contribution >= 4 is 52.6 Å². The molecule has 5 aliphatic rings. The molecule has 9 rings (SSSR count). The molecular weight excluding hydrogens is 831 g/mol. The third-order valence-corrected chi connectivity index (χ3v) is 17.6. The van der Waals surface area contributed by atoms with E-state index in [2.05, 4.69) is 16.4 Å². The highest BCUT2D eigenvalue weighted by atomic mass is 32.1. The topological polar surface area (TPSA) is 173 Å². The number of nitrogens with zero attached hydrogens (tertiary/aromatic N) is 5. The lowest BCUT2D eigenvalue weighted by Crippen LogP contribution is -2.58. The van der Waals surface area contributed by atoms with E-state index in [1.54, 1.807) is 54.5 Å². The molecule has 13 nitrogen and oxygen atoms in total. The number of likely N-dealkylation sites (tertiary alicyclic amines) is 1. The Morgan fingerprint density at radius 2 is 1.87 bits per heavy atom. The fourth-order valence-corrected chi connectivity index (χ4v) is 13.9. The van der Waals surface area contributed by atoms with Crippen molar-refractivity contribution in [1.29, 1.82) is 5.26 Å². The van der Waals surface area contributed by atoms with Crippen LogP contribution in [-0.2, 0) is 18.9 Å². The fraction of sp³-hybridized carbons (Fsp3) is 0.478.